The summed E-state index contributed by atoms with van der Waals surface area (Å²) in [6.07, 6.45) is 0. The maximum Gasteiger partial charge on any atom is 0 e. The van der Waals surface area contributed by atoms with Crippen molar-refractivity contribution < 1.29 is 11.0 Å². The topological polar surface area (TPSA) is 63.0 Å². The third-order valence-electron chi connectivity index (χ3n) is 0. The van der Waals surface area contributed by atoms with Crippen LogP contribution in [-0.4, -0.2) is 48.7 Å². The Bertz CT molecular complexity index is 4.00. The molecular weight excluding hydrogens is 45.9 g/mol. The van der Waals surface area contributed by atoms with Gasteiger partial charge in [-0.3, -0.25) is 0 Å². The van der Waals surface area contributed by atoms with E-state index in [-0.39, 0.29) is 48.7 Å². The molecule has 0 aromatic heterocycles. The summed E-state index contributed by atoms with van der Waals surface area (Å²) >= 11 is 0. The fourth-order valence-electron chi connectivity index (χ4n) is 0. The maximum atomic E-state index is 0. The largest absolute Gasteiger partial charge is 0.412 e. The zero-order chi connectivity index (χ0) is 0. The van der Waals surface area contributed by atoms with E-state index in [9.17, 15) is 0 Å². The normalized spacial score (nSPS) is 0. The Hall–Kier alpha value is 1.11. The van der Waals surface area contributed by atoms with Crippen molar-refractivity contribution in [2.75, 3.05) is 0 Å². The Morgan fingerprint density at radius 3 is 0.500 bits per heavy atom. The Balaban J connectivity index is 0. The fourth-order valence-corrected chi connectivity index (χ4v) is 0. The van der Waals surface area contributed by atoms with Crippen LogP contribution in [-0.2, 0) is 0 Å². The van der Waals surface area contributed by atoms with Crippen LogP contribution in [0.15, 0.2) is 0 Å². The smallest absolute Gasteiger partial charge is 0 e. The Kier molecular flexibility index (Phi) is 560. The Morgan fingerprint density at radius 2 is 0.500 bits per heavy atom. The van der Waals surface area contributed by atoms with Crippen LogP contribution < -0.4 is 0 Å². The summed E-state index contributed by atoms with van der Waals surface area (Å²) in [5.74, 6) is 0. The molecule has 0 spiro atoms. The van der Waals surface area contributed by atoms with Gasteiger partial charge in [0, 0.05) is 37.7 Å². The van der Waals surface area contributed by atoms with Crippen molar-refractivity contribution in [2.45, 2.75) is 0 Å². The molecule has 0 amide bonds. The van der Waals surface area contributed by atoms with E-state index in [2.05, 4.69) is 0 Å². The van der Waals surface area contributed by atoms with Crippen LogP contribution in [0.5, 0.6) is 0 Å². The van der Waals surface area contributed by atoms with Crippen LogP contribution in [0.2, 0.25) is 0 Å². The van der Waals surface area contributed by atoms with Crippen LogP contribution >= 0.6 is 0 Å². The van der Waals surface area contributed by atoms with Crippen molar-refractivity contribution in [3.05, 3.63) is 0 Å². The Labute approximate surface area is 48.9 Å². The van der Waals surface area contributed by atoms with Gasteiger partial charge >= 0.3 is 0 Å². The monoisotopic (exact) mass is 50.1 g/mol. The third-order valence-corrected chi connectivity index (χ3v) is 0. The van der Waals surface area contributed by atoms with Gasteiger partial charge in [0.05, 0.1) is 0 Å². The molecule has 4 N–H and O–H groups in total. The second-order valence-corrected chi connectivity index (χ2v) is 0. The van der Waals surface area contributed by atoms with E-state index in [0.29, 0.717) is 0 Å². The number of rotatable bonds is 0. The summed E-state index contributed by atoms with van der Waals surface area (Å²) in [5, 5.41) is 0. The summed E-state index contributed by atoms with van der Waals surface area (Å²) in [6.45, 7) is 0. The minimum atomic E-state index is 0. The molecule has 0 rings (SSSR count). The molecule has 0 aliphatic carbocycles. The summed E-state index contributed by atoms with van der Waals surface area (Å²) in [7, 11) is 0. The van der Waals surface area contributed by atoms with Gasteiger partial charge in [-0.1, -0.05) is 0 Å². The molecule has 0 atom stereocenters. The molecule has 0 unspecified atom stereocenters. The standard InChI is InChI=1S/2Li.2H2O/h;;2*1H2. The van der Waals surface area contributed by atoms with Gasteiger partial charge in [-0.15, -0.1) is 0 Å². The SMILES string of the molecule is O.O.[Li].[Li]. The first kappa shape index (κ1) is 69.7. The minimum absolute atomic E-state index is 0. The van der Waals surface area contributed by atoms with Gasteiger partial charge in [-0.25, -0.2) is 0 Å². The first-order chi connectivity index (χ1) is 0. The maximum absolute atomic E-state index is 0. The van der Waals surface area contributed by atoms with Crippen molar-refractivity contribution in [2.24, 2.45) is 0 Å². The molecule has 0 saturated carbocycles. The third kappa shape index (κ3) is 11.2. The molecule has 0 aliphatic rings. The number of hydrogen-bond donors (Lipinski definition) is 0. The second-order valence-electron chi connectivity index (χ2n) is 0. The van der Waals surface area contributed by atoms with Crippen LogP contribution in [0, 0.1) is 0 Å². The van der Waals surface area contributed by atoms with Gasteiger partial charge in [0.1, 0.15) is 0 Å². The molecule has 18 valence electrons. The second kappa shape index (κ2) is 32.1. The zero-order valence-electron chi connectivity index (χ0n) is 3.00. The van der Waals surface area contributed by atoms with Gasteiger partial charge in [0.2, 0.25) is 0 Å². The summed E-state index contributed by atoms with van der Waals surface area (Å²) in [5.41, 5.74) is 0. The average Bonchev–Trinajstić information content (AvgIpc) is 0. The predicted molar refractivity (Wildman–Crippen MR) is 18.7 cm³/mol. The molecule has 0 aromatic carbocycles. The molecule has 0 heterocycles. The van der Waals surface area contributed by atoms with Gasteiger partial charge in [0.25, 0.3) is 0 Å². The van der Waals surface area contributed by atoms with E-state index in [1.807, 2.05) is 0 Å². The molecule has 0 bridgehead atoms. The quantitative estimate of drug-likeness (QED) is 0.274. The molecule has 4 heavy (non-hydrogen) atoms. The van der Waals surface area contributed by atoms with E-state index in [0.717, 1.165) is 0 Å². The molecule has 0 saturated heterocycles. The van der Waals surface area contributed by atoms with Crippen LogP contribution in [0.25, 0.3) is 0 Å². The van der Waals surface area contributed by atoms with Gasteiger partial charge in [-0.2, -0.15) is 0 Å². The molecule has 2 nitrogen and oxygen atoms in total. The van der Waals surface area contributed by atoms with Crippen LogP contribution in [0.4, 0.5) is 0 Å². The number of hydrogen-bond acceptors (Lipinski definition) is 0. The van der Waals surface area contributed by atoms with Crippen molar-refractivity contribution in [1.29, 1.82) is 0 Å². The van der Waals surface area contributed by atoms with Crippen LogP contribution in [0.3, 0.4) is 0 Å². The van der Waals surface area contributed by atoms with Gasteiger partial charge in [-0.05, 0) is 0 Å². The van der Waals surface area contributed by atoms with E-state index < -0.39 is 0 Å². The zero-order valence-corrected chi connectivity index (χ0v) is 3.00. The first-order valence-electron chi connectivity index (χ1n) is 0. The van der Waals surface area contributed by atoms with Crippen molar-refractivity contribution >= 4 is 37.7 Å². The van der Waals surface area contributed by atoms with Crippen molar-refractivity contribution in [1.82, 2.24) is 0 Å². The summed E-state index contributed by atoms with van der Waals surface area (Å²) in [4.78, 5) is 0. The molecule has 0 fully saturated rings. The Morgan fingerprint density at radius 1 is 0.500 bits per heavy atom. The minimum Gasteiger partial charge on any atom is -0.412 e. The molecule has 2 radical (unpaired) electrons. The molecule has 0 aromatic rings. The molecule has 0 aliphatic heterocycles. The van der Waals surface area contributed by atoms with E-state index in [4.69, 9.17) is 0 Å². The van der Waals surface area contributed by atoms with E-state index in [1.165, 1.54) is 0 Å². The van der Waals surface area contributed by atoms with Gasteiger partial charge in [0.15, 0.2) is 0 Å². The summed E-state index contributed by atoms with van der Waals surface area (Å²) in [6, 6.07) is 0. The molecule has 4 heteroatoms. The van der Waals surface area contributed by atoms with Crippen molar-refractivity contribution in [3.63, 3.8) is 0 Å². The molecular formula is H4Li2O2. The van der Waals surface area contributed by atoms with Crippen molar-refractivity contribution in [3.8, 4) is 0 Å². The fraction of sp³-hybridized carbons (Fsp3) is 0. The summed E-state index contributed by atoms with van der Waals surface area (Å²) < 4.78 is 0. The van der Waals surface area contributed by atoms with Gasteiger partial charge < -0.3 is 11.0 Å². The van der Waals surface area contributed by atoms with Crippen LogP contribution in [0.1, 0.15) is 0 Å². The average molecular weight is 49.9 g/mol. The van der Waals surface area contributed by atoms with E-state index >= 15 is 0 Å². The first-order valence-corrected chi connectivity index (χ1v) is 0. The predicted octanol–water partition coefficient (Wildman–Crippen LogP) is -2.41. The van der Waals surface area contributed by atoms with E-state index in [1.54, 1.807) is 0 Å².